The van der Waals surface area contributed by atoms with Crippen molar-refractivity contribution in [3.05, 3.63) is 11.8 Å². The second-order valence-corrected chi connectivity index (χ2v) is 10.5. The van der Waals surface area contributed by atoms with Crippen molar-refractivity contribution in [1.29, 1.82) is 0 Å². The number of carbonyl (C=O) groups excluding carboxylic acids is 1. The van der Waals surface area contributed by atoms with E-state index >= 15 is 0 Å². The Morgan fingerprint density at radius 1 is 1.47 bits per heavy atom. The Kier molecular flexibility index (Phi) is 4.33. The highest BCUT2D eigenvalue weighted by Crippen LogP contribution is 2.22. The SMILES string of the molecule is COC(=O)C1C=C(C[Si](C)(C)C)OC(OC)=N1. The molecule has 1 unspecified atom stereocenters. The maximum absolute atomic E-state index is 11.5. The summed E-state index contributed by atoms with van der Waals surface area (Å²) in [4.78, 5) is 15.5. The molecule has 6 heteroatoms. The molecule has 0 N–H and O–H groups in total. The summed E-state index contributed by atoms with van der Waals surface area (Å²) in [5, 5.41) is 0. The fourth-order valence-corrected chi connectivity index (χ4v) is 2.69. The molecule has 96 valence electrons. The molecule has 17 heavy (non-hydrogen) atoms. The number of hydrogen-bond donors (Lipinski definition) is 0. The van der Waals surface area contributed by atoms with Crippen LogP contribution in [0.2, 0.25) is 25.7 Å². The number of hydrogen-bond acceptors (Lipinski definition) is 5. The molecule has 0 aliphatic carbocycles. The molecule has 0 saturated carbocycles. The number of nitrogens with zero attached hydrogens (tertiary/aromatic N) is 1. The van der Waals surface area contributed by atoms with E-state index in [0.29, 0.717) is 0 Å². The molecule has 0 bridgehead atoms. The molecule has 0 radical (unpaired) electrons. The van der Waals surface area contributed by atoms with Crippen molar-refractivity contribution in [3.63, 3.8) is 0 Å². The standard InChI is InChI=1S/C11H19NO4Si/c1-14-10(13)9-6-8(7-17(3,4)5)16-11(12-9)15-2/h6,9H,7H2,1-5H3. The monoisotopic (exact) mass is 257 g/mol. The van der Waals surface area contributed by atoms with Gasteiger partial charge in [0, 0.05) is 6.04 Å². The Balaban J connectivity index is 2.85. The molecule has 1 rings (SSSR count). The highest BCUT2D eigenvalue weighted by atomic mass is 28.3. The lowest BCUT2D eigenvalue weighted by Gasteiger charge is -2.22. The fraction of sp³-hybridized carbons (Fsp3) is 0.636. The van der Waals surface area contributed by atoms with Crippen LogP contribution in [0.3, 0.4) is 0 Å². The summed E-state index contributed by atoms with van der Waals surface area (Å²) in [5.41, 5.74) is 0. The van der Waals surface area contributed by atoms with Gasteiger partial charge in [0.2, 0.25) is 0 Å². The van der Waals surface area contributed by atoms with E-state index in [9.17, 15) is 4.79 Å². The van der Waals surface area contributed by atoms with Crippen LogP contribution in [0.25, 0.3) is 0 Å². The second kappa shape index (κ2) is 5.35. The summed E-state index contributed by atoms with van der Waals surface area (Å²) < 4.78 is 15.1. The Hall–Kier alpha value is -1.30. The number of ether oxygens (including phenoxy) is 3. The summed E-state index contributed by atoms with van der Waals surface area (Å²) in [6, 6.07) is 0.179. The average molecular weight is 257 g/mol. The molecule has 1 aliphatic rings. The predicted molar refractivity (Wildman–Crippen MR) is 67.6 cm³/mol. The van der Waals surface area contributed by atoms with Crippen molar-refractivity contribution in [2.45, 2.75) is 31.7 Å². The number of rotatable bonds is 3. The number of carbonyl (C=O) groups is 1. The van der Waals surface area contributed by atoms with Crippen molar-refractivity contribution in [2.75, 3.05) is 14.2 Å². The van der Waals surface area contributed by atoms with Gasteiger partial charge in [0.15, 0.2) is 6.04 Å². The van der Waals surface area contributed by atoms with Crippen LogP contribution < -0.4 is 0 Å². The quantitative estimate of drug-likeness (QED) is 0.571. The first-order valence-electron chi connectivity index (χ1n) is 5.44. The lowest BCUT2D eigenvalue weighted by molar-refractivity contribution is -0.141. The number of esters is 1. The van der Waals surface area contributed by atoms with Gasteiger partial charge in [0.1, 0.15) is 5.76 Å². The third kappa shape index (κ3) is 4.22. The van der Waals surface area contributed by atoms with E-state index in [2.05, 4.69) is 29.4 Å². The van der Waals surface area contributed by atoms with Gasteiger partial charge in [-0.3, -0.25) is 0 Å². The van der Waals surface area contributed by atoms with Crippen molar-refractivity contribution in [1.82, 2.24) is 0 Å². The summed E-state index contributed by atoms with van der Waals surface area (Å²) in [6.45, 7) is 6.67. The third-order valence-corrected chi connectivity index (χ3v) is 3.54. The Morgan fingerprint density at radius 3 is 2.59 bits per heavy atom. The molecular formula is C11H19NO4Si. The molecule has 5 nitrogen and oxygen atoms in total. The van der Waals surface area contributed by atoms with Crippen LogP contribution in [0, 0.1) is 0 Å². The van der Waals surface area contributed by atoms with E-state index < -0.39 is 20.1 Å². The van der Waals surface area contributed by atoms with Gasteiger partial charge >= 0.3 is 12.1 Å². The van der Waals surface area contributed by atoms with Gasteiger partial charge in [-0.25, -0.2) is 4.79 Å². The van der Waals surface area contributed by atoms with Crippen molar-refractivity contribution < 1.29 is 19.0 Å². The minimum Gasteiger partial charge on any atom is -0.467 e. The first-order valence-corrected chi connectivity index (χ1v) is 9.14. The minimum absolute atomic E-state index is 0.121. The van der Waals surface area contributed by atoms with Gasteiger partial charge in [-0.05, 0) is 6.08 Å². The Bertz CT molecular complexity index is 357. The highest BCUT2D eigenvalue weighted by Gasteiger charge is 2.27. The van der Waals surface area contributed by atoms with Crippen LogP contribution in [-0.4, -0.2) is 40.4 Å². The van der Waals surface area contributed by atoms with E-state index in [1.165, 1.54) is 14.2 Å². The average Bonchev–Trinajstić information content (AvgIpc) is 2.25. The summed E-state index contributed by atoms with van der Waals surface area (Å²) >= 11 is 0. The minimum atomic E-state index is -1.32. The summed E-state index contributed by atoms with van der Waals surface area (Å²) in [5.74, 6) is 0.336. The topological polar surface area (TPSA) is 57.1 Å². The molecule has 1 aliphatic heterocycles. The molecule has 0 aromatic rings. The maximum atomic E-state index is 11.5. The molecule has 0 saturated heterocycles. The number of allylic oxidation sites excluding steroid dienone is 1. The van der Waals surface area contributed by atoms with Crippen molar-refractivity contribution in [2.24, 2.45) is 4.99 Å². The molecule has 0 spiro atoms. The smallest absolute Gasteiger partial charge is 0.389 e. The molecule has 1 heterocycles. The van der Waals surface area contributed by atoms with Gasteiger partial charge in [0.05, 0.1) is 22.3 Å². The van der Waals surface area contributed by atoms with Crippen LogP contribution in [0.5, 0.6) is 0 Å². The lowest BCUT2D eigenvalue weighted by atomic mass is 10.2. The van der Waals surface area contributed by atoms with E-state index in [1.54, 1.807) is 6.08 Å². The second-order valence-electron chi connectivity index (χ2n) is 5.04. The molecule has 0 aromatic heterocycles. The summed E-state index contributed by atoms with van der Waals surface area (Å²) in [7, 11) is 1.48. The van der Waals surface area contributed by atoms with Gasteiger partial charge in [0.25, 0.3) is 0 Å². The molecule has 1 atom stereocenters. The van der Waals surface area contributed by atoms with Gasteiger partial charge in [-0.2, -0.15) is 4.99 Å². The fourth-order valence-electron chi connectivity index (χ4n) is 1.45. The molecular weight excluding hydrogens is 238 g/mol. The zero-order valence-electron chi connectivity index (χ0n) is 10.9. The molecule has 0 aromatic carbocycles. The van der Waals surface area contributed by atoms with Crippen LogP contribution in [0.1, 0.15) is 0 Å². The molecule has 0 fully saturated rings. The van der Waals surface area contributed by atoms with E-state index in [0.717, 1.165) is 11.8 Å². The van der Waals surface area contributed by atoms with Crippen molar-refractivity contribution in [3.8, 4) is 0 Å². The zero-order valence-corrected chi connectivity index (χ0v) is 11.9. The van der Waals surface area contributed by atoms with Crippen LogP contribution in [-0.2, 0) is 19.0 Å². The van der Waals surface area contributed by atoms with E-state index in [4.69, 9.17) is 9.47 Å². The lowest BCUT2D eigenvalue weighted by Crippen LogP contribution is -2.29. The summed E-state index contributed by atoms with van der Waals surface area (Å²) in [6.07, 6.45) is 1.82. The Morgan fingerprint density at radius 2 is 2.12 bits per heavy atom. The largest absolute Gasteiger partial charge is 0.467 e. The first-order chi connectivity index (χ1) is 7.85. The number of methoxy groups -OCH3 is 2. The zero-order chi connectivity index (χ0) is 13.1. The maximum Gasteiger partial charge on any atom is 0.389 e. The van der Waals surface area contributed by atoms with Crippen LogP contribution >= 0.6 is 0 Å². The number of aliphatic imine (C=N–C) groups is 1. The van der Waals surface area contributed by atoms with Gasteiger partial charge in [-0.1, -0.05) is 19.6 Å². The Labute approximate surface area is 102 Å². The van der Waals surface area contributed by atoms with E-state index in [-0.39, 0.29) is 6.08 Å². The van der Waals surface area contributed by atoms with Crippen LogP contribution in [0.4, 0.5) is 0 Å². The highest BCUT2D eigenvalue weighted by molar-refractivity contribution is 6.76. The first kappa shape index (κ1) is 13.8. The van der Waals surface area contributed by atoms with Gasteiger partial charge < -0.3 is 14.2 Å². The van der Waals surface area contributed by atoms with Gasteiger partial charge in [-0.15, -0.1) is 0 Å². The normalized spacial score (nSPS) is 19.9. The van der Waals surface area contributed by atoms with E-state index in [1.807, 2.05) is 0 Å². The molecule has 0 amide bonds. The van der Waals surface area contributed by atoms with Crippen molar-refractivity contribution >= 4 is 20.1 Å². The predicted octanol–water partition coefficient (Wildman–Crippen LogP) is 1.78. The third-order valence-electron chi connectivity index (χ3n) is 2.13. The van der Waals surface area contributed by atoms with Crippen LogP contribution in [0.15, 0.2) is 16.8 Å².